The van der Waals surface area contributed by atoms with E-state index in [2.05, 4.69) is 41.6 Å². The molecule has 0 radical (unpaired) electrons. The normalized spacial score (nSPS) is 26.7. The second kappa shape index (κ2) is 7.67. The molecule has 1 saturated heterocycles. The highest BCUT2D eigenvalue weighted by Crippen LogP contribution is 2.52. The smallest absolute Gasteiger partial charge is 0.191 e. The lowest BCUT2D eigenvalue weighted by Crippen LogP contribution is -2.67. The SMILES string of the molecule is CCNC(=NCc1nnc2ccccn12)NC1C2CCOC2C1(C)C.I. The Morgan fingerprint density at radius 3 is 3.04 bits per heavy atom. The molecule has 1 saturated carbocycles. The van der Waals surface area contributed by atoms with Crippen molar-refractivity contribution in [3.63, 3.8) is 0 Å². The van der Waals surface area contributed by atoms with Gasteiger partial charge < -0.3 is 15.4 Å². The van der Waals surface area contributed by atoms with Crippen LogP contribution < -0.4 is 10.6 Å². The first-order valence-electron chi connectivity index (χ1n) is 9.06. The zero-order valence-electron chi connectivity index (χ0n) is 15.5. The van der Waals surface area contributed by atoms with E-state index in [1.54, 1.807) is 0 Å². The summed E-state index contributed by atoms with van der Waals surface area (Å²) in [4.78, 5) is 4.74. The van der Waals surface area contributed by atoms with Crippen molar-refractivity contribution in [1.29, 1.82) is 0 Å². The van der Waals surface area contributed by atoms with Crippen molar-refractivity contribution in [2.45, 2.75) is 45.9 Å². The molecule has 3 unspecified atom stereocenters. The number of nitrogens with one attached hydrogen (secondary N) is 2. The van der Waals surface area contributed by atoms with Gasteiger partial charge >= 0.3 is 0 Å². The molecule has 4 rings (SSSR count). The lowest BCUT2D eigenvalue weighted by atomic mass is 9.57. The molecule has 2 fully saturated rings. The molecule has 2 aromatic rings. The summed E-state index contributed by atoms with van der Waals surface area (Å²) in [5.41, 5.74) is 0.968. The zero-order valence-corrected chi connectivity index (χ0v) is 17.8. The van der Waals surface area contributed by atoms with E-state index in [0.29, 0.717) is 24.6 Å². The van der Waals surface area contributed by atoms with Gasteiger partial charge in [-0.15, -0.1) is 34.2 Å². The Morgan fingerprint density at radius 2 is 2.23 bits per heavy atom. The monoisotopic (exact) mass is 470 g/mol. The van der Waals surface area contributed by atoms with Crippen LogP contribution in [0.25, 0.3) is 5.65 Å². The molecule has 2 N–H and O–H groups in total. The van der Waals surface area contributed by atoms with Crippen LogP contribution >= 0.6 is 24.0 Å². The van der Waals surface area contributed by atoms with Crippen molar-refractivity contribution in [2.75, 3.05) is 13.2 Å². The van der Waals surface area contributed by atoms with Crippen molar-refractivity contribution < 1.29 is 4.74 Å². The van der Waals surface area contributed by atoms with Gasteiger partial charge in [0.2, 0.25) is 0 Å². The molecule has 0 aromatic carbocycles. The number of aliphatic imine (C=N–C) groups is 1. The van der Waals surface area contributed by atoms with Gasteiger partial charge in [-0.2, -0.15) is 0 Å². The number of fused-ring (bicyclic) bond motifs is 2. The van der Waals surface area contributed by atoms with Crippen LogP contribution in [0, 0.1) is 11.3 Å². The Bertz CT molecular complexity index is 789. The van der Waals surface area contributed by atoms with Gasteiger partial charge in [0.1, 0.15) is 6.54 Å². The Kier molecular flexibility index (Phi) is 5.71. The topological polar surface area (TPSA) is 75.8 Å². The van der Waals surface area contributed by atoms with Gasteiger partial charge in [0.15, 0.2) is 17.4 Å². The number of guanidine groups is 1. The van der Waals surface area contributed by atoms with Gasteiger partial charge in [-0.25, -0.2) is 4.99 Å². The molecular weight excluding hydrogens is 443 g/mol. The minimum atomic E-state index is 0. The number of rotatable bonds is 4. The van der Waals surface area contributed by atoms with Crippen molar-refractivity contribution >= 4 is 35.6 Å². The highest BCUT2D eigenvalue weighted by molar-refractivity contribution is 14.0. The molecule has 8 heteroatoms. The summed E-state index contributed by atoms with van der Waals surface area (Å²) in [5, 5.41) is 15.4. The Hall–Kier alpha value is -1.42. The fourth-order valence-electron chi connectivity index (χ4n) is 4.23. The summed E-state index contributed by atoms with van der Waals surface area (Å²) in [6, 6.07) is 6.26. The molecule has 2 aromatic heterocycles. The molecule has 0 spiro atoms. The second-order valence-corrected chi connectivity index (χ2v) is 7.43. The number of nitrogens with zero attached hydrogens (tertiary/aromatic N) is 4. The van der Waals surface area contributed by atoms with E-state index in [9.17, 15) is 0 Å². The first-order chi connectivity index (χ1) is 12.1. The molecule has 7 nitrogen and oxygen atoms in total. The van der Waals surface area contributed by atoms with Crippen molar-refractivity contribution in [3.8, 4) is 0 Å². The molecule has 26 heavy (non-hydrogen) atoms. The molecule has 1 aliphatic carbocycles. The van der Waals surface area contributed by atoms with Crippen LogP contribution in [0.5, 0.6) is 0 Å². The standard InChI is InChI=1S/C18H26N6O.HI/c1-4-19-17(21-15-12-8-10-25-16(12)18(15,2)3)20-11-14-23-22-13-7-5-6-9-24(13)14;/h5-7,9,12,15-16H,4,8,10-11H2,1-3H3,(H2,19,20,21);1H. The highest BCUT2D eigenvalue weighted by atomic mass is 127. The number of hydrogen-bond acceptors (Lipinski definition) is 4. The third-order valence-corrected chi connectivity index (χ3v) is 5.50. The third kappa shape index (κ3) is 3.28. The fourth-order valence-corrected chi connectivity index (χ4v) is 4.23. The second-order valence-electron chi connectivity index (χ2n) is 7.43. The Balaban J connectivity index is 0.00000196. The average Bonchev–Trinajstić information content (AvgIpc) is 3.23. The van der Waals surface area contributed by atoms with Gasteiger partial charge in [-0.3, -0.25) is 4.40 Å². The number of halogens is 1. The van der Waals surface area contributed by atoms with E-state index in [0.717, 1.165) is 37.0 Å². The minimum Gasteiger partial charge on any atom is -0.377 e. The van der Waals surface area contributed by atoms with Gasteiger partial charge in [0, 0.05) is 36.7 Å². The predicted octanol–water partition coefficient (Wildman–Crippen LogP) is 2.22. The third-order valence-electron chi connectivity index (χ3n) is 5.50. The summed E-state index contributed by atoms with van der Waals surface area (Å²) < 4.78 is 7.86. The van der Waals surface area contributed by atoms with Crippen molar-refractivity contribution in [1.82, 2.24) is 25.2 Å². The van der Waals surface area contributed by atoms with Gasteiger partial charge in [-0.1, -0.05) is 19.9 Å². The van der Waals surface area contributed by atoms with Gasteiger partial charge in [0.05, 0.1) is 6.10 Å². The number of pyridine rings is 1. The zero-order chi connectivity index (χ0) is 17.4. The fraction of sp³-hybridized carbons (Fsp3) is 0.611. The maximum Gasteiger partial charge on any atom is 0.191 e. The van der Waals surface area contributed by atoms with Crippen LogP contribution in [-0.2, 0) is 11.3 Å². The van der Waals surface area contributed by atoms with Crippen molar-refractivity contribution in [3.05, 3.63) is 30.2 Å². The van der Waals surface area contributed by atoms with Crippen LogP contribution in [0.2, 0.25) is 0 Å². The van der Waals surface area contributed by atoms with E-state index >= 15 is 0 Å². The summed E-state index contributed by atoms with van der Waals surface area (Å²) in [6.07, 6.45) is 3.46. The summed E-state index contributed by atoms with van der Waals surface area (Å²) in [7, 11) is 0. The minimum absolute atomic E-state index is 0. The number of hydrogen-bond donors (Lipinski definition) is 2. The van der Waals surface area contributed by atoms with Crippen molar-refractivity contribution in [2.24, 2.45) is 16.3 Å². The molecule has 0 amide bonds. The Morgan fingerprint density at radius 1 is 1.38 bits per heavy atom. The molecular formula is C18H27IN6O. The van der Waals surface area contributed by atoms with Crippen LogP contribution in [0.15, 0.2) is 29.4 Å². The molecule has 142 valence electrons. The quantitative estimate of drug-likeness (QED) is 0.407. The van der Waals surface area contributed by atoms with Gasteiger partial charge in [0.25, 0.3) is 0 Å². The molecule has 1 aliphatic heterocycles. The summed E-state index contributed by atoms with van der Waals surface area (Å²) in [6.45, 7) is 8.80. The predicted molar refractivity (Wildman–Crippen MR) is 112 cm³/mol. The molecule has 3 atom stereocenters. The highest BCUT2D eigenvalue weighted by Gasteiger charge is 2.59. The van der Waals surface area contributed by atoms with E-state index in [-0.39, 0.29) is 29.4 Å². The van der Waals surface area contributed by atoms with Crippen LogP contribution in [0.4, 0.5) is 0 Å². The molecule has 0 bridgehead atoms. The maximum atomic E-state index is 5.88. The Labute approximate surface area is 171 Å². The lowest BCUT2D eigenvalue weighted by molar-refractivity contribution is -0.106. The van der Waals surface area contributed by atoms with E-state index in [1.807, 2.05) is 28.8 Å². The molecule has 3 heterocycles. The molecule has 2 aliphatic rings. The van der Waals surface area contributed by atoms with Crippen LogP contribution in [0.3, 0.4) is 0 Å². The largest absolute Gasteiger partial charge is 0.377 e. The number of ether oxygens (including phenoxy) is 1. The first-order valence-corrected chi connectivity index (χ1v) is 9.06. The van der Waals surface area contributed by atoms with Crippen LogP contribution in [0.1, 0.15) is 33.0 Å². The first kappa shape index (κ1) is 19.3. The van der Waals surface area contributed by atoms with Gasteiger partial charge in [-0.05, 0) is 25.5 Å². The summed E-state index contributed by atoms with van der Waals surface area (Å²) >= 11 is 0. The van der Waals surface area contributed by atoms with Crippen LogP contribution in [-0.4, -0.2) is 45.9 Å². The number of aromatic nitrogens is 3. The maximum absolute atomic E-state index is 5.88. The van der Waals surface area contributed by atoms with E-state index < -0.39 is 0 Å². The lowest BCUT2D eigenvalue weighted by Gasteiger charge is -2.54. The average molecular weight is 470 g/mol. The van der Waals surface area contributed by atoms with E-state index in [4.69, 9.17) is 9.73 Å². The summed E-state index contributed by atoms with van der Waals surface area (Å²) in [5.74, 6) is 2.24. The van der Waals surface area contributed by atoms with E-state index in [1.165, 1.54) is 0 Å².